The Balaban J connectivity index is 1.59. The number of carbonyl (C=O) groups is 1. The van der Waals surface area contributed by atoms with Gasteiger partial charge in [0, 0.05) is 26.2 Å². The van der Waals surface area contributed by atoms with Crippen molar-refractivity contribution in [3.63, 3.8) is 0 Å². The van der Waals surface area contributed by atoms with Crippen LogP contribution in [0.4, 0.5) is 11.5 Å². The molecule has 0 unspecified atom stereocenters. The minimum atomic E-state index is -0.0302. The van der Waals surface area contributed by atoms with Gasteiger partial charge in [0.05, 0.1) is 27.6 Å². The van der Waals surface area contributed by atoms with Crippen LogP contribution in [0.25, 0.3) is 0 Å². The van der Waals surface area contributed by atoms with Gasteiger partial charge in [-0.25, -0.2) is 4.98 Å². The largest absolute Gasteiger partial charge is 0.383 e. The molecule has 142 valence electrons. The fourth-order valence-corrected chi connectivity index (χ4v) is 4.04. The number of thioether (sulfide) groups is 1. The van der Waals surface area contributed by atoms with Gasteiger partial charge in [0.25, 0.3) is 0 Å². The summed E-state index contributed by atoms with van der Waals surface area (Å²) in [6.45, 7) is 2.59. The maximum atomic E-state index is 12.6. The number of amides is 1. The van der Waals surface area contributed by atoms with Crippen LogP contribution >= 0.6 is 23.4 Å². The van der Waals surface area contributed by atoms with Gasteiger partial charge in [-0.15, -0.1) is 0 Å². The first-order valence-corrected chi connectivity index (χ1v) is 9.90. The van der Waals surface area contributed by atoms with Crippen molar-refractivity contribution in [2.45, 2.75) is 5.03 Å². The Bertz CT molecular complexity index is 975. The number of aromatic nitrogens is 1. The Labute approximate surface area is 172 Å². The van der Waals surface area contributed by atoms with Crippen molar-refractivity contribution in [1.82, 2.24) is 9.88 Å². The maximum Gasteiger partial charge on any atom is 0.233 e. The molecule has 1 amide bonds. The Morgan fingerprint density at radius 2 is 1.86 bits per heavy atom. The molecule has 1 aliphatic heterocycles. The number of anilines is 2. The molecule has 0 radical (unpaired) electrons. The van der Waals surface area contributed by atoms with Crippen molar-refractivity contribution in [3.05, 3.63) is 46.5 Å². The molecular formula is C19H17ClN6OS. The van der Waals surface area contributed by atoms with Gasteiger partial charge in [0.2, 0.25) is 5.91 Å². The number of hydrogen-bond donors (Lipinski definition) is 1. The normalized spacial score (nSPS) is 13.7. The molecule has 0 spiro atoms. The third kappa shape index (κ3) is 4.30. The molecule has 9 heteroatoms. The van der Waals surface area contributed by atoms with Crippen LogP contribution in [0, 0.1) is 22.7 Å². The van der Waals surface area contributed by atoms with Crippen molar-refractivity contribution in [2.24, 2.45) is 0 Å². The van der Waals surface area contributed by atoms with Gasteiger partial charge >= 0.3 is 0 Å². The number of nitrogens with two attached hydrogens (primary N) is 1. The van der Waals surface area contributed by atoms with Gasteiger partial charge in [-0.2, -0.15) is 10.5 Å². The van der Waals surface area contributed by atoms with E-state index >= 15 is 0 Å². The molecule has 1 aliphatic rings. The van der Waals surface area contributed by atoms with E-state index in [0.717, 1.165) is 17.4 Å². The van der Waals surface area contributed by atoms with Crippen LogP contribution < -0.4 is 10.6 Å². The number of hydrogen-bond acceptors (Lipinski definition) is 7. The van der Waals surface area contributed by atoms with Gasteiger partial charge in [-0.05, 0) is 18.2 Å². The molecule has 1 fully saturated rings. The van der Waals surface area contributed by atoms with Gasteiger partial charge in [-0.1, -0.05) is 35.5 Å². The van der Waals surface area contributed by atoms with E-state index in [4.69, 9.17) is 22.6 Å². The third-order valence-corrected chi connectivity index (χ3v) is 5.71. The standard InChI is InChI=1S/C19H17ClN6OS/c20-15-3-1-2-4-16(15)25-5-7-26(8-6-25)17(27)12-28-19-14(11-22)9-13(10-21)18(23)24-19/h1-4,9H,5-8,12H2,(H2,23,24). The van der Waals surface area contributed by atoms with Crippen LogP contribution in [-0.2, 0) is 4.79 Å². The molecule has 2 heterocycles. The summed E-state index contributed by atoms with van der Waals surface area (Å²) in [6, 6.07) is 13.0. The summed E-state index contributed by atoms with van der Waals surface area (Å²) >= 11 is 7.41. The van der Waals surface area contributed by atoms with E-state index in [0.29, 0.717) is 36.2 Å². The molecule has 1 aromatic carbocycles. The lowest BCUT2D eigenvalue weighted by Crippen LogP contribution is -2.49. The molecular weight excluding hydrogens is 396 g/mol. The zero-order valence-electron chi connectivity index (χ0n) is 14.9. The van der Waals surface area contributed by atoms with Gasteiger partial charge in [0.1, 0.15) is 23.0 Å². The Kier molecular flexibility index (Phi) is 6.25. The van der Waals surface area contributed by atoms with Crippen LogP contribution in [-0.4, -0.2) is 47.7 Å². The predicted octanol–water partition coefficient (Wildman–Crippen LogP) is 2.50. The minimum absolute atomic E-state index is 0.0302. The predicted molar refractivity (Wildman–Crippen MR) is 109 cm³/mol. The van der Waals surface area contributed by atoms with E-state index in [1.54, 1.807) is 4.90 Å². The van der Waals surface area contributed by atoms with Crippen LogP contribution in [0.5, 0.6) is 0 Å². The highest BCUT2D eigenvalue weighted by Crippen LogP contribution is 2.27. The molecule has 7 nitrogen and oxygen atoms in total. The Hall–Kier alpha value is -2.94. The number of benzene rings is 1. The van der Waals surface area contributed by atoms with Crippen LogP contribution in [0.15, 0.2) is 35.4 Å². The summed E-state index contributed by atoms with van der Waals surface area (Å²) in [6.07, 6.45) is 0. The average molecular weight is 413 g/mol. The summed E-state index contributed by atoms with van der Waals surface area (Å²) < 4.78 is 0. The smallest absolute Gasteiger partial charge is 0.233 e. The zero-order chi connectivity index (χ0) is 20.1. The van der Waals surface area contributed by atoms with E-state index in [1.807, 2.05) is 36.4 Å². The second kappa shape index (κ2) is 8.83. The van der Waals surface area contributed by atoms with Crippen molar-refractivity contribution in [1.29, 1.82) is 10.5 Å². The first-order valence-electron chi connectivity index (χ1n) is 8.54. The molecule has 3 rings (SSSR count). The zero-order valence-corrected chi connectivity index (χ0v) is 16.5. The molecule has 0 bridgehead atoms. The highest BCUT2D eigenvalue weighted by atomic mass is 35.5. The quantitative estimate of drug-likeness (QED) is 0.768. The Morgan fingerprint density at radius 3 is 2.50 bits per heavy atom. The lowest BCUT2D eigenvalue weighted by molar-refractivity contribution is -0.128. The third-order valence-electron chi connectivity index (χ3n) is 4.42. The number of rotatable bonds is 4. The lowest BCUT2D eigenvalue weighted by Gasteiger charge is -2.36. The van der Waals surface area contributed by atoms with Gasteiger partial charge in [0.15, 0.2) is 0 Å². The molecule has 0 aliphatic carbocycles. The average Bonchev–Trinajstić information content (AvgIpc) is 2.72. The van der Waals surface area contributed by atoms with Crippen molar-refractivity contribution < 1.29 is 4.79 Å². The van der Waals surface area contributed by atoms with Crippen LogP contribution in [0.2, 0.25) is 5.02 Å². The topological polar surface area (TPSA) is 110 Å². The molecule has 1 aromatic heterocycles. The number of pyridine rings is 1. The molecule has 2 N–H and O–H groups in total. The number of para-hydroxylation sites is 1. The van der Waals surface area contributed by atoms with E-state index in [9.17, 15) is 10.1 Å². The summed E-state index contributed by atoms with van der Waals surface area (Å²) in [5, 5.41) is 19.3. The number of nitrogens with zero attached hydrogens (tertiary/aromatic N) is 5. The van der Waals surface area contributed by atoms with Crippen molar-refractivity contribution >= 4 is 40.8 Å². The lowest BCUT2D eigenvalue weighted by atomic mass is 10.2. The van der Waals surface area contributed by atoms with E-state index < -0.39 is 0 Å². The summed E-state index contributed by atoms with van der Waals surface area (Å²) in [5.41, 5.74) is 7.09. The summed E-state index contributed by atoms with van der Waals surface area (Å²) in [7, 11) is 0. The van der Waals surface area contributed by atoms with Gasteiger partial charge < -0.3 is 15.5 Å². The number of piperazine rings is 1. The number of halogens is 1. The molecule has 0 atom stereocenters. The number of nitriles is 2. The molecule has 0 saturated carbocycles. The number of nitrogen functional groups attached to an aromatic ring is 1. The highest BCUT2D eigenvalue weighted by Gasteiger charge is 2.23. The summed E-state index contributed by atoms with van der Waals surface area (Å²) in [4.78, 5) is 20.6. The van der Waals surface area contributed by atoms with Crippen LogP contribution in [0.3, 0.4) is 0 Å². The van der Waals surface area contributed by atoms with Crippen LogP contribution in [0.1, 0.15) is 11.1 Å². The number of carbonyl (C=O) groups excluding carboxylic acids is 1. The molecule has 28 heavy (non-hydrogen) atoms. The second-order valence-electron chi connectivity index (χ2n) is 6.11. The van der Waals surface area contributed by atoms with E-state index in [1.165, 1.54) is 6.07 Å². The second-order valence-corrected chi connectivity index (χ2v) is 7.48. The monoisotopic (exact) mass is 412 g/mol. The first-order chi connectivity index (χ1) is 13.5. The fourth-order valence-electron chi connectivity index (χ4n) is 2.92. The summed E-state index contributed by atoms with van der Waals surface area (Å²) in [5.74, 6) is 0.182. The molecule has 2 aromatic rings. The Morgan fingerprint density at radius 1 is 1.18 bits per heavy atom. The highest BCUT2D eigenvalue weighted by molar-refractivity contribution is 8.00. The SMILES string of the molecule is N#Cc1cc(C#N)c(SCC(=O)N2CCN(c3ccccc3Cl)CC2)nc1N. The first kappa shape index (κ1) is 19.8. The maximum absolute atomic E-state index is 12.6. The van der Waals surface area contributed by atoms with Crippen molar-refractivity contribution in [3.8, 4) is 12.1 Å². The van der Waals surface area contributed by atoms with E-state index in [-0.39, 0.29) is 28.6 Å². The minimum Gasteiger partial charge on any atom is -0.383 e. The molecule has 1 saturated heterocycles. The van der Waals surface area contributed by atoms with Crippen molar-refractivity contribution in [2.75, 3.05) is 42.6 Å². The van der Waals surface area contributed by atoms with Gasteiger partial charge in [-0.3, -0.25) is 4.79 Å². The fraction of sp³-hybridized carbons (Fsp3) is 0.263. The van der Waals surface area contributed by atoms with E-state index in [2.05, 4.69) is 9.88 Å².